The van der Waals surface area contributed by atoms with E-state index in [2.05, 4.69) is 9.97 Å². The lowest BCUT2D eigenvalue weighted by Crippen LogP contribution is -1.86. The van der Waals surface area contributed by atoms with Crippen molar-refractivity contribution in [1.29, 1.82) is 0 Å². The van der Waals surface area contributed by atoms with E-state index in [4.69, 9.17) is 11.6 Å². The second-order valence-electron chi connectivity index (χ2n) is 2.20. The predicted molar refractivity (Wildman–Crippen MR) is 58.5 cm³/mol. The molecule has 0 spiro atoms. The number of hydrogen-bond acceptors (Lipinski definition) is 3. The molecule has 0 amide bonds. The molecule has 2 heterocycles. The Bertz CT molecular complexity index is 397. The SMILES string of the molecule is CC.Cc1nc(Cl)c2sccc2n1. The number of nitrogens with zero attached hydrogens (tertiary/aromatic N) is 2. The lowest BCUT2D eigenvalue weighted by atomic mass is 10.5. The topological polar surface area (TPSA) is 25.8 Å². The van der Waals surface area contributed by atoms with Crippen LogP contribution in [0.5, 0.6) is 0 Å². The number of aryl methyl sites for hydroxylation is 1. The third-order valence-corrected chi connectivity index (χ3v) is 2.67. The molecule has 70 valence electrons. The van der Waals surface area contributed by atoms with Gasteiger partial charge in [-0.3, -0.25) is 0 Å². The fraction of sp³-hybridized carbons (Fsp3) is 0.333. The standard InChI is InChI=1S/C7H5ClN2S.C2H6/c1-4-9-5-2-3-11-6(5)7(8)10-4;1-2/h2-3H,1H3;1-2H3. The molecule has 2 aromatic rings. The average Bonchev–Trinajstić information content (AvgIpc) is 2.55. The summed E-state index contributed by atoms with van der Waals surface area (Å²) in [5, 5.41) is 2.52. The molecule has 4 heteroatoms. The highest BCUT2D eigenvalue weighted by Gasteiger charge is 2.02. The van der Waals surface area contributed by atoms with Crippen LogP contribution in [-0.4, -0.2) is 9.97 Å². The lowest BCUT2D eigenvalue weighted by Gasteiger charge is -1.93. The van der Waals surface area contributed by atoms with Gasteiger partial charge in [-0.2, -0.15) is 0 Å². The molecule has 0 atom stereocenters. The van der Waals surface area contributed by atoms with Crippen molar-refractivity contribution in [2.75, 3.05) is 0 Å². The van der Waals surface area contributed by atoms with Gasteiger partial charge in [0.2, 0.25) is 0 Å². The summed E-state index contributed by atoms with van der Waals surface area (Å²) in [7, 11) is 0. The smallest absolute Gasteiger partial charge is 0.150 e. The summed E-state index contributed by atoms with van der Waals surface area (Å²) >= 11 is 7.43. The van der Waals surface area contributed by atoms with E-state index in [1.165, 1.54) is 0 Å². The molecule has 0 fully saturated rings. The maximum absolute atomic E-state index is 5.86. The van der Waals surface area contributed by atoms with Gasteiger partial charge in [0.15, 0.2) is 5.15 Å². The number of fused-ring (bicyclic) bond motifs is 1. The van der Waals surface area contributed by atoms with Gasteiger partial charge in [0.05, 0.1) is 10.2 Å². The molecule has 0 radical (unpaired) electrons. The van der Waals surface area contributed by atoms with Crippen LogP contribution in [0.4, 0.5) is 0 Å². The largest absolute Gasteiger partial charge is 0.232 e. The van der Waals surface area contributed by atoms with Crippen LogP contribution in [-0.2, 0) is 0 Å². The van der Waals surface area contributed by atoms with Gasteiger partial charge in [0.1, 0.15) is 5.82 Å². The number of hydrogen-bond donors (Lipinski definition) is 0. The highest BCUT2D eigenvalue weighted by Crippen LogP contribution is 2.25. The molecule has 0 aliphatic heterocycles. The normalized spacial score (nSPS) is 9.54. The molecular weight excluding hydrogens is 204 g/mol. The molecular formula is C9H11ClN2S. The van der Waals surface area contributed by atoms with Crippen molar-refractivity contribution in [3.63, 3.8) is 0 Å². The molecule has 0 saturated carbocycles. The molecule has 0 bridgehead atoms. The molecule has 13 heavy (non-hydrogen) atoms. The van der Waals surface area contributed by atoms with Crippen LogP contribution >= 0.6 is 22.9 Å². The minimum atomic E-state index is 0.558. The van der Waals surface area contributed by atoms with E-state index >= 15 is 0 Å². The predicted octanol–water partition coefficient (Wildman–Crippen LogP) is 3.68. The number of thiophene rings is 1. The van der Waals surface area contributed by atoms with E-state index in [1.807, 2.05) is 32.2 Å². The van der Waals surface area contributed by atoms with E-state index in [0.29, 0.717) is 5.15 Å². The first-order valence-corrected chi connectivity index (χ1v) is 5.40. The number of rotatable bonds is 0. The zero-order chi connectivity index (χ0) is 9.84. The summed E-state index contributed by atoms with van der Waals surface area (Å²) in [6, 6.07) is 1.94. The molecule has 2 aromatic heterocycles. The molecule has 0 saturated heterocycles. The molecule has 2 nitrogen and oxygen atoms in total. The summed E-state index contributed by atoms with van der Waals surface area (Å²) in [5.74, 6) is 0.723. The van der Waals surface area contributed by atoms with Crippen LogP contribution in [0.2, 0.25) is 5.15 Å². The first kappa shape index (κ1) is 10.4. The third kappa shape index (κ3) is 2.17. The average molecular weight is 215 g/mol. The molecule has 0 N–H and O–H groups in total. The first-order chi connectivity index (χ1) is 6.27. The zero-order valence-corrected chi connectivity index (χ0v) is 9.41. The summed E-state index contributed by atoms with van der Waals surface area (Å²) < 4.78 is 0.970. The van der Waals surface area contributed by atoms with E-state index < -0.39 is 0 Å². The Morgan fingerprint density at radius 2 is 2.00 bits per heavy atom. The quantitative estimate of drug-likeness (QED) is 0.626. The van der Waals surface area contributed by atoms with E-state index in [9.17, 15) is 0 Å². The maximum Gasteiger partial charge on any atom is 0.150 e. The van der Waals surface area contributed by atoms with E-state index in [-0.39, 0.29) is 0 Å². The highest BCUT2D eigenvalue weighted by molar-refractivity contribution is 7.17. The van der Waals surface area contributed by atoms with Crippen molar-refractivity contribution in [1.82, 2.24) is 9.97 Å². The van der Waals surface area contributed by atoms with Crippen molar-refractivity contribution in [3.05, 3.63) is 22.4 Å². The fourth-order valence-electron chi connectivity index (χ4n) is 0.937. The van der Waals surface area contributed by atoms with Crippen LogP contribution in [0.3, 0.4) is 0 Å². The van der Waals surface area contributed by atoms with E-state index in [1.54, 1.807) is 11.3 Å². The monoisotopic (exact) mass is 214 g/mol. The Kier molecular flexibility index (Phi) is 3.63. The van der Waals surface area contributed by atoms with Gasteiger partial charge in [-0.05, 0) is 18.4 Å². The van der Waals surface area contributed by atoms with Crippen LogP contribution in [0.15, 0.2) is 11.4 Å². The van der Waals surface area contributed by atoms with Crippen LogP contribution < -0.4 is 0 Å². The van der Waals surface area contributed by atoms with Crippen LogP contribution in [0.1, 0.15) is 19.7 Å². The number of aromatic nitrogens is 2. The molecule has 0 unspecified atom stereocenters. The van der Waals surface area contributed by atoms with Crippen molar-refractivity contribution in [2.24, 2.45) is 0 Å². The Balaban J connectivity index is 0.000000396. The van der Waals surface area contributed by atoms with Gasteiger partial charge in [0.25, 0.3) is 0 Å². The van der Waals surface area contributed by atoms with Crippen molar-refractivity contribution < 1.29 is 0 Å². The highest BCUT2D eigenvalue weighted by atomic mass is 35.5. The minimum Gasteiger partial charge on any atom is -0.232 e. The molecule has 0 aromatic carbocycles. The summed E-state index contributed by atoms with van der Waals surface area (Å²) in [4.78, 5) is 8.25. The Hall–Kier alpha value is -0.670. The second-order valence-corrected chi connectivity index (χ2v) is 3.47. The molecule has 0 aliphatic rings. The summed E-state index contributed by atoms with van der Waals surface area (Å²) in [6.45, 7) is 5.84. The number of halogens is 1. The summed E-state index contributed by atoms with van der Waals surface area (Å²) in [5.41, 5.74) is 0.938. The Labute approximate surface area is 86.6 Å². The summed E-state index contributed by atoms with van der Waals surface area (Å²) in [6.07, 6.45) is 0. The van der Waals surface area contributed by atoms with Crippen molar-refractivity contribution >= 4 is 33.2 Å². The van der Waals surface area contributed by atoms with Crippen molar-refractivity contribution in [3.8, 4) is 0 Å². The van der Waals surface area contributed by atoms with Gasteiger partial charge in [0, 0.05) is 0 Å². The molecule has 0 aliphatic carbocycles. The first-order valence-electron chi connectivity index (χ1n) is 4.15. The van der Waals surface area contributed by atoms with Gasteiger partial charge < -0.3 is 0 Å². The zero-order valence-electron chi connectivity index (χ0n) is 7.84. The van der Waals surface area contributed by atoms with Gasteiger partial charge >= 0.3 is 0 Å². The van der Waals surface area contributed by atoms with Crippen LogP contribution in [0, 0.1) is 6.92 Å². The minimum absolute atomic E-state index is 0.558. The van der Waals surface area contributed by atoms with Gasteiger partial charge in [-0.1, -0.05) is 25.4 Å². The maximum atomic E-state index is 5.86. The molecule has 2 rings (SSSR count). The lowest BCUT2D eigenvalue weighted by molar-refractivity contribution is 1.10. The Morgan fingerprint density at radius 1 is 1.31 bits per heavy atom. The van der Waals surface area contributed by atoms with Gasteiger partial charge in [-0.25, -0.2) is 9.97 Å². The van der Waals surface area contributed by atoms with Crippen LogP contribution in [0.25, 0.3) is 10.2 Å². The second kappa shape index (κ2) is 4.53. The van der Waals surface area contributed by atoms with E-state index in [0.717, 1.165) is 16.0 Å². The van der Waals surface area contributed by atoms with Gasteiger partial charge in [-0.15, -0.1) is 11.3 Å². The van der Waals surface area contributed by atoms with Crippen molar-refractivity contribution in [2.45, 2.75) is 20.8 Å². The third-order valence-electron chi connectivity index (χ3n) is 1.37. The Morgan fingerprint density at radius 3 is 2.69 bits per heavy atom. The fourth-order valence-corrected chi connectivity index (χ4v) is 2.00.